The van der Waals surface area contributed by atoms with Crippen LogP contribution in [0.15, 0.2) is 60.8 Å². The molecule has 0 bridgehead atoms. The summed E-state index contributed by atoms with van der Waals surface area (Å²) >= 11 is 1.76. The molecule has 0 fully saturated rings. The van der Waals surface area contributed by atoms with Gasteiger partial charge in [-0.1, -0.05) is 24.3 Å². The summed E-state index contributed by atoms with van der Waals surface area (Å²) in [7, 11) is 0. The van der Waals surface area contributed by atoms with Crippen molar-refractivity contribution >= 4 is 32.3 Å². The van der Waals surface area contributed by atoms with Crippen LogP contribution < -0.4 is 0 Å². The number of fused-ring (bicyclic) bond motifs is 2. The molecule has 4 rings (SSSR count). The molecule has 0 spiro atoms. The molecule has 20 heavy (non-hydrogen) atoms. The van der Waals surface area contributed by atoms with Gasteiger partial charge in [0, 0.05) is 26.7 Å². The fraction of sp³-hybridized carbons (Fsp3) is 0. The van der Waals surface area contributed by atoms with E-state index in [0.717, 1.165) is 10.9 Å². The molecule has 0 aliphatic heterocycles. The predicted molar refractivity (Wildman–Crippen MR) is 84.2 cm³/mol. The third-order valence-corrected chi connectivity index (χ3v) is 4.59. The minimum atomic E-state index is 0.227. The van der Waals surface area contributed by atoms with E-state index in [1.54, 1.807) is 23.6 Å². The molecule has 2 aromatic heterocycles. The van der Waals surface area contributed by atoms with Gasteiger partial charge in [-0.25, -0.2) is 0 Å². The van der Waals surface area contributed by atoms with Crippen molar-refractivity contribution in [1.82, 2.24) is 4.98 Å². The Morgan fingerprint density at radius 1 is 0.950 bits per heavy atom. The lowest BCUT2D eigenvalue weighted by Gasteiger charge is -2.05. The van der Waals surface area contributed by atoms with Gasteiger partial charge in [0.25, 0.3) is 0 Å². The van der Waals surface area contributed by atoms with Crippen LogP contribution in [0.2, 0.25) is 0 Å². The smallest absolute Gasteiger partial charge is 0.141 e. The van der Waals surface area contributed by atoms with E-state index in [1.807, 2.05) is 18.2 Å². The summed E-state index contributed by atoms with van der Waals surface area (Å²) < 4.78 is 1.27. The second-order valence-electron chi connectivity index (χ2n) is 4.68. The second-order valence-corrected chi connectivity index (χ2v) is 5.76. The highest BCUT2D eigenvalue weighted by molar-refractivity contribution is 7.22. The van der Waals surface area contributed by atoms with Crippen molar-refractivity contribution in [1.29, 1.82) is 0 Å². The van der Waals surface area contributed by atoms with E-state index in [0.29, 0.717) is 5.52 Å². The van der Waals surface area contributed by atoms with Crippen molar-refractivity contribution in [3.05, 3.63) is 60.8 Å². The molecular weight excluding hydrogens is 266 g/mol. The predicted octanol–water partition coefficient (Wildman–Crippen LogP) is 4.82. The summed E-state index contributed by atoms with van der Waals surface area (Å²) in [4.78, 5) is 5.47. The molecule has 2 nitrogen and oxygen atoms in total. The number of aromatic nitrogens is 1. The van der Waals surface area contributed by atoms with E-state index in [2.05, 4.69) is 35.3 Å². The zero-order valence-corrected chi connectivity index (χ0v) is 11.4. The maximum atomic E-state index is 9.92. The van der Waals surface area contributed by atoms with Gasteiger partial charge < -0.3 is 5.11 Å². The van der Waals surface area contributed by atoms with Gasteiger partial charge in [0.2, 0.25) is 0 Å². The average Bonchev–Trinajstić information content (AvgIpc) is 2.91. The van der Waals surface area contributed by atoms with Gasteiger partial charge in [-0.05, 0) is 35.7 Å². The number of rotatable bonds is 1. The zero-order valence-electron chi connectivity index (χ0n) is 10.6. The molecule has 0 radical (unpaired) electrons. The van der Waals surface area contributed by atoms with Crippen LogP contribution in [0.1, 0.15) is 0 Å². The van der Waals surface area contributed by atoms with Crippen molar-refractivity contribution in [3.63, 3.8) is 0 Å². The zero-order chi connectivity index (χ0) is 13.5. The summed E-state index contributed by atoms with van der Waals surface area (Å²) in [5.74, 6) is 0.227. The van der Waals surface area contributed by atoms with Crippen LogP contribution in [0.4, 0.5) is 0 Å². The number of nitrogens with zero attached hydrogens (tertiary/aromatic N) is 1. The first kappa shape index (κ1) is 11.4. The number of pyridine rings is 1. The molecule has 3 heteroatoms. The summed E-state index contributed by atoms with van der Waals surface area (Å²) in [6.07, 6.45) is 1.71. The molecule has 0 saturated carbocycles. The average molecular weight is 277 g/mol. The Morgan fingerprint density at radius 3 is 2.75 bits per heavy atom. The number of thiophene rings is 1. The van der Waals surface area contributed by atoms with Crippen molar-refractivity contribution in [2.45, 2.75) is 0 Å². The minimum absolute atomic E-state index is 0.227. The Kier molecular flexibility index (Phi) is 2.47. The maximum Gasteiger partial charge on any atom is 0.141 e. The molecule has 96 valence electrons. The molecular formula is C17H11NOS. The van der Waals surface area contributed by atoms with Crippen LogP contribution in [0.5, 0.6) is 5.75 Å². The lowest BCUT2D eigenvalue weighted by molar-refractivity contribution is 0.480. The third-order valence-electron chi connectivity index (χ3n) is 3.44. The molecule has 0 aliphatic carbocycles. The number of hydrogen-bond donors (Lipinski definition) is 1. The molecule has 4 aromatic rings. The highest BCUT2D eigenvalue weighted by atomic mass is 32.1. The van der Waals surface area contributed by atoms with Gasteiger partial charge in [-0.2, -0.15) is 0 Å². The topological polar surface area (TPSA) is 33.1 Å². The van der Waals surface area contributed by atoms with Gasteiger partial charge in [0.1, 0.15) is 11.3 Å². The normalized spacial score (nSPS) is 11.2. The Balaban J connectivity index is 2.04. The molecule has 0 unspecified atom stereocenters. The minimum Gasteiger partial charge on any atom is -0.506 e. The van der Waals surface area contributed by atoms with Gasteiger partial charge >= 0.3 is 0 Å². The molecule has 0 amide bonds. The van der Waals surface area contributed by atoms with Gasteiger partial charge in [-0.15, -0.1) is 11.3 Å². The third kappa shape index (κ3) is 1.67. The van der Waals surface area contributed by atoms with E-state index in [9.17, 15) is 5.11 Å². The molecule has 0 atom stereocenters. The van der Waals surface area contributed by atoms with Crippen LogP contribution in [0, 0.1) is 0 Å². The number of aromatic hydroxyl groups is 1. The fourth-order valence-corrected chi connectivity index (χ4v) is 3.59. The van der Waals surface area contributed by atoms with E-state index in [-0.39, 0.29) is 5.75 Å². The van der Waals surface area contributed by atoms with Crippen LogP contribution in [0.25, 0.3) is 31.4 Å². The SMILES string of the molecule is Oc1ccc(-c2cc3ccccc3s2)c2cccnc12. The molecule has 0 saturated heterocycles. The number of benzene rings is 2. The Labute approximate surface area is 120 Å². The van der Waals surface area contributed by atoms with E-state index in [1.165, 1.54) is 15.0 Å². The summed E-state index contributed by atoms with van der Waals surface area (Å²) in [6.45, 7) is 0. The monoisotopic (exact) mass is 277 g/mol. The Bertz CT molecular complexity index is 893. The van der Waals surface area contributed by atoms with Crippen molar-refractivity contribution in [2.75, 3.05) is 0 Å². The van der Waals surface area contributed by atoms with Crippen molar-refractivity contribution < 1.29 is 5.11 Å². The quantitative estimate of drug-likeness (QED) is 0.541. The summed E-state index contributed by atoms with van der Waals surface area (Å²) in [5.41, 5.74) is 1.77. The van der Waals surface area contributed by atoms with E-state index >= 15 is 0 Å². The fourth-order valence-electron chi connectivity index (χ4n) is 2.49. The number of hydrogen-bond acceptors (Lipinski definition) is 3. The maximum absolute atomic E-state index is 9.92. The Hall–Kier alpha value is -2.39. The standard InChI is InChI=1S/C17H11NOS/c19-14-8-7-12(13-5-3-9-18-17(13)14)16-10-11-4-1-2-6-15(11)20-16/h1-10,19H. The first-order valence-corrected chi connectivity index (χ1v) is 7.20. The Morgan fingerprint density at radius 2 is 1.85 bits per heavy atom. The molecule has 0 aliphatic rings. The van der Waals surface area contributed by atoms with Crippen molar-refractivity contribution in [2.24, 2.45) is 0 Å². The number of phenolic OH excluding ortho intramolecular Hbond substituents is 1. The summed E-state index contributed by atoms with van der Waals surface area (Å²) in [5, 5.41) is 12.2. The lowest BCUT2D eigenvalue weighted by Crippen LogP contribution is -1.82. The van der Waals surface area contributed by atoms with Crippen LogP contribution in [-0.4, -0.2) is 10.1 Å². The van der Waals surface area contributed by atoms with Gasteiger partial charge in [0.05, 0.1) is 0 Å². The second kappa shape index (κ2) is 4.32. The van der Waals surface area contributed by atoms with E-state index < -0.39 is 0 Å². The van der Waals surface area contributed by atoms with Gasteiger partial charge in [0.15, 0.2) is 0 Å². The molecule has 2 heterocycles. The first-order valence-electron chi connectivity index (χ1n) is 6.38. The molecule has 2 aromatic carbocycles. The highest BCUT2D eigenvalue weighted by Gasteiger charge is 2.10. The van der Waals surface area contributed by atoms with Gasteiger partial charge in [-0.3, -0.25) is 4.98 Å². The number of phenols is 1. The van der Waals surface area contributed by atoms with Crippen LogP contribution >= 0.6 is 11.3 Å². The summed E-state index contributed by atoms with van der Waals surface area (Å²) in [6, 6.07) is 18.1. The van der Waals surface area contributed by atoms with Crippen LogP contribution in [0.3, 0.4) is 0 Å². The largest absolute Gasteiger partial charge is 0.506 e. The lowest BCUT2D eigenvalue weighted by atomic mass is 10.1. The van der Waals surface area contributed by atoms with Crippen LogP contribution in [-0.2, 0) is 0 Å². The first-order chi connectivity index (χ1) is 9.83. The highest BCUT2D eigenvalue weighted by Crippen LogP contribution is 2.38. The van der Waals surface area contributed by atoms with Crippen molar-refractivity contribution in [3.8, 4) is 16.2 Å². The van der Waals surface area contributed by atoms with E-state index in [4.69, 9.17) is 0 Å². The molecule has 1 N–H and O–H groups in total.